The van der Waals surface area contributed by atoms with E-state index in [9.17, 15) is 30.1 Å². The fourth-order valence-corrected chi connectivity index (χ4v) is 2.52. The Morgan fingerprint density at radius 1 is 1.15 bits per heavy atom. The van der Waals surface area contributed by atoms with E-state index in [1.165, 1.54) is 0 Å². The Morgan fingerprint density at radius 3 is 2.58 bits per heavy atom. The van der Waals surface area contributed by atoms with E-state index in [0.29, 0.717) is 0 Å². The Labute approximate surface area is 146 Å². The van der Waals surface area contributed by atoms with Crippen molar-refractivity contribution in [2.75, 3.05) is 33.0 Å². The lowest BCUT2D eigenvalue weighted by atomic mass is 10.1. The summed E-state index contributed by atoms with van der Waals surface area (Å²) in [4.78, 5) is 40.3. The second-order valence-electron chi connectivity index (χ2n) is 5.49. The van der Waals surface area contributed by atoms with Crippen LogP contribution in [0, 0.1) is 20.2 Å². The molecule has 2 aliphatic heterocycles. The first-order valence-corrected chi connectivity index (χ1v) is 7.63. The van der Waals surface area contributed by atoms with Crippen molar-refractivity contribution < 1.29 is 48.7 Å². The Balaban J connectivity index is 1.64. The smallest absolute Gasteiger partial charge is 0.308 e. The molecule has 26 heavy (non-hydrogen) atoms. The quantitative estimate of drug-likeness (QED) is 0.184. The van der Waals surface area contributed by atoms with Crippen molar-refractivity contribution in [3.63, 3.8) is 0 Å². The standard InChI is InChI=1S/C12H18N2O12/c15-8-5-22-12-9(6-23-11(8)12)25-10(16)1-2-21-3-7(26-14(19)20)4-24-13(17)18/h7-9,11-12,15H,1-6H2. The van der Waals surface area contributed by atoms with Gasteiger partial charge in [-0.3, -0.25) is 4.79 Å². The van der Waals surface area contributed by atoms with Crippen LogP contribution in [0.2, 0.25) is 0 Å². The van der Waals surface area contributed by atoms with E-state index < -0.39 is 59.9 Å². The number of fused-ring (bicyclic) bond motifs is 1. The molecule has 0 aromatic heterocycles. The number of aliphatic hydroxyl groups is 1. The average molecular weight is 382 g/mol. The molecule has 0 bridgehead atoms. The number of aliphatic hydroxyl groups excluding tert-OH is 1. The van der Waals surface area contributed by atoms with Crippen LogP contribution < -0.4 is 0 Å². The summed E-state index contributed by atoms with van der Waals surface area (Å²) in [6.07, 6.45) is -3.92. The summed E-state index contributed by atoms with van der Waals surface area (Å²) >= 11 is 0. The van der Waals surface area contributed by atoms with Crippen molar-refractivity contribution in [1.82, 2.24) is 0 Å². The zero-order chi connectivity index (χ0) is 19.1. The highest BCUT2D eigenvalue weighted by molar-refractivity contribution is 5.69. The minimum absolute atomic E-state index is 0.107. The van der Waals surface area contributed by atoms with Gasteiger partial charge < -0.3 is 33.7 Å². The van der Waals surface area contributed by atoms with E-state index in [0.717, 1.165) is 0 Å². The van der Waals surface area contributed by atoms with Crippen molar-refractivity contribution in [3.05, 3.63) is 20.2 Å². The SMILES string of the molecule is O=C(CCOCC(CO[N+](=O)[O-])O[N+](=O)[O-])OC1COC2C(O)COC12. The molecule has 1 N–H and O–H groups in total. The lowest BCUT2D eigenvalue weighted by molar-refractivity contribution is -0.790. The van der Waals surface area contributed by atoms with Crippen molar-refractivity contribution >= 4 is 5.97 Å². The largest absolute Gasteiger partial charge is 0.457 e. The van der Waals surface area contributed by atoms with E-state index >= 15 is 0 Å². The predicted octanol–water partition coefficient (Wildman–Crippen LogP) is -1.75. The molecule has 14 nitrogen and oxygen atoms in total. The molecule has 0 saturated carbocycles. The molecule has 0 amide bonds. The van der Waals surface area contributed by atoms with E-state index in [1.54, 1.807) is 0 Å². The Kier molecular flexibility index (Phi) is 7.26. The van der Waals surface area contributed by atoms with Gasteiger partial charge in [0.25, 0.3) is 10.2 Å². The van der Waals surface area contributed by atoms with Gasteiger partial charge in [-0.15, -0.1) is 20.2 Å². The highest BCUT2D eigenvalue weighted by atomic mass is 17.0. The van der Waals surface area contributed by atoms with Crippen molar-refractivity contribution in [2.45, 2.75) is 36.9 Å². The van der Waals surface area contributed by atoms with Crippen LogP contribution in [0.4, 0.5) is 0 Å². The molecule has 0 spiro atoms. The van der Waals surface area contributed by atoms with Crippen molar-refractivity contribution in [1.29, 1.82) is 0 Å². The molecule has 0 radical (unpaired) electrons. The fraction of sp³-hybridized carbons (Fsp3) is 0.917. The van der Waals surface area contributed by atoms with Gasteiger partial charge in [0.1, 0.15) is 24.9 Å². The molecule has 5 unspecified atom stereocenters. The molecule has 2 heterocycles. The van der Waals surface area contributed by atoms with Gasteiger partial charge in [-0.1, -0.05) is 0 Å². The minimum atomic E-state index is -1.32. The first-order valence-electron chi connectivity index (χ1n) is 7.63. The zero-order valence-electron chi connectivity index (χ0n) is 13.5. The third-order valence-electron chi connectivity index (χ3n) is 3.62. The Hall–Kier alpha value is -2.29. The number of carbonyl (C=O) groups excluding carboxylic acids is 1. The van der Waals surface area contributed by atoms with E-state index in [2.05, 4.69) is 9.68 Å². The Bertz CT molecular complexity index is 516. The maximum absolute atomic E-state index is 11.8. The molecule has 5 atom stereocenters. The number of carbonyl (C=O) groups is 1. The topological polar surface area (TPSA) is 179 Å². The number of hydrogen-bond donors (Lipinski definition) is 1. The third kappa shape index (κ3) is 5.91. The number of ether oxygens (including phenoxy) is 4. The summed E-state index contributed by atoms with van der Waals surface area (Å²) in [6.45, 7) is -1.03. The van der Waals surface area contributed by atoms with Crippen LogP contribution in [0.3, 0.4) is 0 Å². The van der Waals surface area contributed by atoms with Gasteiger partial charge in [0, 0.05) is 0 Å². The van der Waals surface area contributed by atoms with Crippen LogP contribution in [0.25, 0.3) is 0 Å². The van der Waals surface area contributed by atoms with E-state index in [-0.39, 0.29) is 26.2 Å². The lowest BCUT2D eigenvalue weighted by Gasteiger charge is -2.17. The molecule has 148 valence electrons. The second kappa shape index (κ2) is 9.42. The van der Waals surface area contributed by atoms with Crippen LogP contribution in [0.1, 0.15) is 6.42 Å². The summed E-state index contributed by atoms with van der Waals surface area (Å²) in [7, 11) is 0. The van der Waals surface area contributed by atoms with Gasteiger partial charge in [-0.2, -0.15) is 0 Å². The lowest BCUT2D eigenvalue weighted by Crippen LogP contribution is -2.34. The molecule has 2 saturated heterocycles. The first kappa shape index (κ1) is 20.0. The zero-order valence-corrected chi connectivity index (χ0v) is 13.5. The first-order chi connectivity index (χ1) is 12.4. The molecule has 0 aromatic rings. The number of rotatable bonds is 11. The summed E-state index contributed by atoms with van der Waals surface area (Å²) in [5.41, 5.74) is 0. The fourth-order valence-electron chi connectivity index (χ4n) is 2.52. The van der Waals surface area contributed by atoms with Crippen molar-refractivity contribution in [3.8, 4) is 0 Å². The summed E-state index contributed by atoms with van der Waals surface area (Å²) in [6, 6.07) is 0. The van der Waals surface area contributed by atoms with Crippen LogP contribution in [-0.4, -0.2) is 84.8 Å². The molecule has 2 aliphatic rings. The third-order valence-corrected chi connectivity index (χ3v) is 3.62. The van der Waals surface area contributed by atoms with Gasteiger partial charge in [0.15, 0.2) is 12.2 Å². The highest BCUT2D eigenvalue weighted by Gasteiger charge is 2.48. The van der Waals surface area contributed by atoms with E-state index in [4.69, 9.17) is 18.9 Å². The van der Waals surface area contributed by atoms with Crippen LogP contribution >= 0.6 is 0 Å². The monoisotopic (exact) mass is 382 g/mol. The van der Waals surface area contributed by atoms with Crippen LogP contribution in [0.15, 0.2) is 0 Å². The second-order valence-corrected chi connectivity index (χ2v) is 5.49. The summed E-state index contributed by atoms with van der Waals surface area (Å²) < 4.78 is 20.8. The number of esters is 1. The normalized spacial score (nSPS) is 28.2. The summed E-state index contributed by atoms with van der Waals surface area (Å²) in [5, 5.41) is 27.7. The van der Waals surface area contributed by atoms with Gasteiger partial charge in [0.05, 0.1) is 32.8 Å². The van der Waals surface area contributed by atoms with Crippen LogP contribution in [0.5, 0.6) is 0 Å². The maximum Gasteiger partial charge on any atom is 0.308 e. The Morgan fingerprint density at radius 2 is 1.88 bits per heavy atom. The van der Waals surface area contributed by atoms with E-state index in [1.807, 2.05) is 0 Å². The van der Waals surface area contributed by atoms with Gasteiger partial charge in [-0.25, -0.2) is 0 Å². The molecule has 14 heteroatoms. The van der Waals surface area contributed by atoms with Crippen LogP contribution in [-0.2, 0) is 33.4 Å². The molecule has 2 rings (SSSR count). The average Bonchev–Trinajstić information content (AvgIpc) is 3.12. The number of hydrogen-bond acceptors (Lipinski definition) is 12. The number of nitrogens with zero attached hydrogens (tertiary/aromatic N) is 2. The molecular formula is C12H18N2O12. The molecule has 2 fully saturated rings. The molecule has 0 aromatic carbocycles. The van der Waals surface area contributed by atoms with Gasteiger partial charge in [0.2, 0.25) is 0 Å². The summed E-state index contributed by atoms with van der Waals surface area (Å²) in [5.74, 6) is -0.613. The van der Waals surface area contributed by atoms with Crippen molar-refractivity contribution in [2.24, 2.45) is 0 Å². The molecule has 0 aliphatic carbocycles. The maximum atomic E-state index is 11.8. The highest BCUT2D eigenvalue weighted by Crippen LogP contribution is 2.28. The predicted molar refractivity (Wildman–Crippen MR) is 75.6 cm³/mol. The molecular weight excluding hydrogens is 364 g/mol. The van der Waals surface area contributed by atoms with Gasteiger partial charge >= 0.3 is 5.97 Å². The van der Waals surface area contributed by atoms with Gasteiger partial charge in [-0.05, 0) is 0 Å². The minimum Gasteiger partial charge on any atom is -0.457 e.